The van der Waals surface area contributed by atoms with E-state index in [-0.39, 0.29) is 18.8 Å². The molecule has 0 spiro atoms. The number of nitrogens with two attached hydrogens (primary N) is 1. The number of rotatable bonds is 1. The summed E-state index contributed by atoms with van der Waals surface area (Å²) in [7, 11) is 0. The maximum Gasteiger partial charge on any atom is 0.249 e. The van der Waals surface area contributed by atoms with Crippen molar-refractivity contribution < 1.29 is 8.78 Å². The molecule has 0 saturated heterocycles. The summed E-state index contributed by atoms with van der Waals surface area (Å²) in [5, 5.41) is 0. The summed E-state index contributed by atoms with van der Waals surface area (Å²) in [4.78, 5) is 4.01. The van der Waals surface area contributed by atoms with Gasteiger partial charge in [0.15, 0.2) is 0 Å². The van der Waals surface area contributed by atoms with Crippen LogP contribution in [0.2, 0.25) is 0 Å². The quantitative estimate of drug-likeness (QED) is 0.726. The predicted molar refractivity (Wildman–Crippen MR) is 45.6 cm³/mol. The van der Waals surface area contributed by atoms with Gasteiger partial charge in [-0.2, -0.15) is 0 Å². The third-order valence-electron chi connectivity index (χ3n) is 2.32. The summed E-state index contributed by atoms with van der Waals surface area (Å²) in [6.45, 7) is 0. The Morgan fingerprint density at radius 3 is 2.54 bits per heavy atom. The second-order valence-electron chi connectivity index (χ2n) is 3.48. The Bertz CT molecular complexity index is 300. The molecule has 2 rings (SSSR count). The third-order valence-corrected chi connectivity index (χ3v) is 2.32. The topological polar surface area (TPSA) is 38.9 Å². The Balaban J connectivity index is 2.08. The highest BCUT2D eigenvalue weighted by Crippen LogP contribution is 2.47. The molecule has 2 nitrogen and oxygen atoms in total. The summed E-state index contributed by atoms with van der Waals surface area (Å²) in [6, 6.07) is 3.41. The number of alkyl halides is 2. The Labute approximate surface area is 74.8 Å². The third kappa shape index (κ3) is 1.61. The lowest BCUT2D eigenvalue weighted by atomic mass is 9.79. The molecule has 0 aromatic carbocycles. The van der Waals surface area contributed by atoms with Gasteiger partial charge in [-0.05, 0) is 12.1 Å². The van der Waals surface area contributed by atoms with Crippen LogP contribution < -0.4 is 5.73 Å². The van der Waals surface area contributed by atoms with Gasteiger partial charge in [0.25, 0.3) is 0 Å². The van der Waals surface area contributed by atoms with Gasteiger partial charge in [0.05, 0.1) is 11.9 Å². The van der Waals surface area contributed by atoms with Crippen LogP contribution in [0.5, 0.6) is 0 Å². The summed E-state index contributed by atoms with van der Waals surface area (Å²) < 4.78 is 25.0. The molecule has 1 aliphatic rings. The highest BCUT2D eigenvalue weighted by molar-refractivity contribution is 5.35. The first-order valence-electron chi connectivity index (χ1n) is 4.16. The van der Waals surface area contributed by atoms with E-state index in [1.807, 2.05) is 0 Å². The first-order chi connectivity index (χ1) is 6.07. The number of pyridine rings is 1. The van der Waals surface area contributed by atoms with Gasteiger partial charge < -0.3 is 5.73 Å². The normalized spacial score (nSPS) is 21.1. The number of halogens is 2. The van der Waals surface area contributed by atoms with Crippen molar-refractivity contribution in [2.24, 2.45) is 0 Å². The Morgan fingerprint density at radius 1 is 1.38 bits per heavy atom. The van der Waals surface area contributed by atoms with Crippen LogP contribution in [-0.4, -0.2) is 10.9 Å². The molecule has 0 radical (unpaired) electrons. The van der Waals surface area contributed by atoms with Crippen molar-refractivity contribution in [3.63, 3.8) is 0 Å². The van der Waals surface area contributed by atoms with E-state index in [9.17, 15) is 8.78 Å². The maximum absolute atomic E-state index is 12.5. The average Bonchev–Trinajstić information content (AvgIpc) is 2.01. The zero-order valence-corrected chi connectivity index (χ0v) is 7.00. The zero-order valence-electron chi connectivity index (χ0n) is 7.00. The molecule has 4 heteroatoms. The molecule has 0 amide bonds. The van der Waals surface area contributed by atoms with Crippen molar-refractivity contribution in [1.82, 2.24) is 4.98 Å². The van der Waals surface area contributed by atoms with Crippen LogP contribution >= 0.6 is 0 Å². The zero-order chi connectivity index (χ0) is 9.47. The van der Waals surface area contributed by atoms with Gasteiger partial charge in [0.2, 0.25) is 5.92 Å². The molecule has 0 unspecified atom stereocenters. The monoisotopic (exact) mass is 184 g/mol. The standard InChI is InChI=1S/C9H10F2N2/c10-9(11)3-6(4-9)8-2-1-7(12)5-13-8/h1-2,5-6H,3-4,12H2. The van der Waals surface area contributed by atoms with Crippen LogP contribution in [0.25, 0.3) is 0 Å². The molecule has 1 saturated carbocycles. The van der Waals surface area contributed by atoms with Gasteiger partial charge in [0.1, 0.15) is 0 Å². The van der Waals surface area contributed by atoms with Gasteiger partial charge in [-0.1, -0.05) is 0 Å². The van der Waals surface area contributed by atoms with Crippen molar-refractivity contribution in [3.05, 3.63) is 24.0 Å². The lowest BCUT2D eigenvalue weighted by Crippen LogP contribution is -2.34. The maximum atomic E-state index is 12.5. The highest BCUT2D eigenvalue weighted by atomic mass is 19.3. The van der Waals surface area contributed by atoms with Gasteiger partial charge in [-0.15, -0.1) is 0 Å². The average molecular weight is 184 g/mol. The largest absolute Gasteiger partial charge is 0.397 e. The number of nitrogens with zero attached hydrogens (tertiary/aromatic N) is 1. The van der Waals surface area contributed by atoms with E-state index in [0.717, 1.165) is 5.69 Å². The van der Waals surface area contributed by atoms with Crippen LogP contribution in [0.15, 0.2) is 18.3 Å². The fourth-order valence-corrected chi connectivity index (χ4v) is 1.53. The van der Waals surface area contributed by atoms with E-state index < -0.39 is 5.92 Å². The van der Waals surface area contributed by atoms with Gasteiger partial charge in [-0.3, -0.25) is 4.98 Å². The molecule has 70 valence electrons. The molecule has 13 heavy (non-hydrogen) atoms. The Morgan fingerprint density at radius 2 is 2.08 bits per heavy atom. The number of hydrogen-bond acceptors (Lipinski definition) is 2. The smallest absolute Gasteiger partial charge is 0.249 e. The lowest BCUT2D eigenvalue weighted by molar-refractivity contribution is -0.0875. The number of nitrogen functional groups attached to an aromatic ring is 1. The fourth-order valence-electron chi connectivity index (χ4n) is 1.53. The van der Waals surface area contributed by atoms with Gasteiger partial charge in [0, 0.05) is 24.5 Å². The molecule has 0 aliphatic heterocycles. The van der Waals surface area contributed by atoms with Crippen molar-refractivity contribution >= 4 is 5.69 Å². The number of aromatic nitrogens is 1. The second-order valence-corrected chi connectivity index (χ2v) is 3.48. The van der Waals surface area contributed by atoms with Crippen LogP contribution in [0.3, 0.4) is 0 Å². The molecule has 1 aromatic rings. The van der Waals surface area contributed by atoms with E-state index in [2.05, 4.69) is 4.98 Å². The minimum atomic E-state index is -2.48. The minimum Gasteiger partial charge on any atom is -0.397 e. The van der Waals surface area contributed by atoms with E-state index in [0.29, 0.717) is 5.69 Å². The van der Waals surface area contributed by atoms with Crippen molar-refractivity contribution in [3.8, 4) is 0 Å². The van der Waals surface area contributed by atoms with Crippen LogP contribution in [0, 0.1) is 0 Å². The fraction of sp³-hybridized carbons (Fsp3) is 0.444. The SMILES string of the molecule is Nc1ccc(C2CC(F)(F)C2)nc1. The lowest BCUT2D eigenvalue weighted by Gasteiger charge is -2.34. The molecule has 2 N–H and O–H groups in total. The summed E-state index contributed by atoms with van der Waals surface area (Å²) in [5.74, 6) is -2.57. The summed E-state index contributed by atoms with van der Waals surface area (Å²) in [6.07, 6.45) is 1.35. The van der Waals surface area contributed by atoms with E-state index in [4.69, 9.17) is 5.73 Å². The number of hydrogen-bond donors (Lipinski definition) is 1. The first kappa shape index (κ1) is 8.41. The summed E-state index contributed by atoms with van der Waals surface area (Å²) >= 11 is 0. The second kappa shape index (κ2) is 2.65. The van der Waals surface area contributed by atoms with Crippen molar-refractivity contribution in [2.75, 3.05) is 5.73 Å². The molecule has 0 atom stereocenters. The molecule has 1 aliphatic carbocycles. The Hall–Kier alpha value is -1.19. The molecule has 0 bridgehead atoms. The first-order valence-corrected chi connectivity index (χ1v) is 4.16. The predicted octanol–water partition coefficient (Wildman–Crippen LogP) is 2.18. The van der Waals surface area contributed by atoms with E-state index in [1.165, 1.54) is 6.20 Å². The van der Waals surface area contributed by atoms with Gasteiger partial charge in [-0.25, -0.2) is 8.78 Å². The van der Waals surface area contributed by atoms with Crippen molar-refractivity contribution in [2.45, 2.75) is 24.7 Å². The molecule has 1 heterocycles. The highest BCUT2D eigenvalue weighted by Gasteiger charge is 2.46. The molecular formula is C9H10F2N2. The van der Waals surface area contributed by atoms with Gasteiger partial charge >= 0.3 is 0 Å². The van der Waals surface area contributed by atoms with Crippen molar-refractivity contribution in [1.29, 1.82) is 0 Å². The van der Waals surface area contributed by atoms with E-state index in [1.54, 1.807) is 12.1 Å². The van der Waals surface area contributed by atoms with Crippen LogP contribution in [0.4, 0.5) is 14.5 Å². The molecular weight excluding hydrogens is 174 g/mol. The molecule has 1 fully saturated rings. The van der Waals surface area contributed by atoms with Crippen LogP contribution in [0.1, 0.15) is 24.5 Å². The number of anilines is 1. The van der Waals surface area contributed by atoms with E-state index >= 15 is 0 Å². The Kier molecular flexibility index (Phi) is 1.71. The minimum absolute atomic E-state index is 0.0794. The summed E-state index contributed by atoms with van der Waals surface area (Å²) in [5.41, 5.74) is 6.72. The molecule has 1 aromatic heterocycles. The van der Waals surface area contributed by atoms with Crippen LogP contribution in [-0.2, 0) is 0 Å².